The highest BCUT2D eigenvalue weighted by Crippen LogP contribution is 2.38. The van der Waals surface area contributed by atoms with E-state index in [1.807, 2.05) is 0 Å². The van der Waals surface area contributed by atoms with Crippen molar-refractivity contribution in [3.63, 3.8) is 0 Å². The van der Waals surface area contributed by atoms with E-state index in [9.17, 15) is 19.7 Å². The normalized spacial score (nSPS) is 10.0. The molecular formula is C19H21N3O7. The maximum atomic E-state index is 12.0. The number of benzene rings is 2. The Morgan fingerprint density at radius 3 is 2.03 bits per heavy atom. The number of nitrogens with zero attached hydrogens (tertiary/aromatic N) is 1. The number of amides is 2. The minimum absolute atomic E-state index is 0.0964. The summed E-state index contributed by atoms with van der Waals surface area (Å²) in [6, 6.07) is 8.50. The number of nitrogens with one attached hydrogen (secondary N) is 2. The number of carbonyl (C=O) groups is 2. The van der Waals surface area contributed by atoms with Crippen molar-refractivity contribution in [3.8, 4) is 17.2 Å². The minimum Gasteiger partial charge on any atom is -0.493 e. The summed E-state index contributed by atoms with van der Waals surface area (Å²) in [6.45, 7) is 0. The number of ether oxygens (including phenoxy) is 3. The lowest BCUT2D eigenvalue weighted by Crippen LogP contribution is -2.41. The number of rotatable bonds is 8. The number of hydrogen-bond donors (Lipinski definition) is 2. The highest BCUT2D eigenvalue weighted by atomic mass is 16.6. The molecule has 0 aliphatic heterocycles. The van der Waals surface area contributed by atoms with Crippen molar-refractivity contribution < 1.29 is 28.7 Å². The predicted octanol–water partition coefficient (Wildman–Crippen LogP) is 2.01. The lowest BCUT2D eigenvalue weighted by atomic mass is 10.1. The molecule has 10 heteroatoms. The maximum Gasteiger partial charge on any atom is 0.269 e. The summed E-state index contributed by atoms with van der Waals surface area (Å²) < 4.78 is 15.8. The largest absolute Gasteiger partial charge is 0.493 e. The molecule has 2 rings (SSSR count). The molecule has 2 aromatic rings. The summed E-state index contributed by atoms with van der Waals surface area (Å²) in [7, 11) is 4.50. The first-order valence-electron chi connectivity index (χ1n) is 8.52. The van der Waals surface area contributed by atoms with Crippen LogP contribution in [-0.2, 0) is 11.2 Å². The van der Waals surface area contributed by atoms with Crippen LogP contribution < -0.4 is 25.1 Å². The van der Waals surface area contributed by atoms with Crippen molar-refractivity contribution in [2.45, 2.75) is 12.8 Å². The number of nitro benzene ring substituents is 1. The highest BCUT2D eigenvalue weighted by molar-refractivity contribution is 5.95. The molecule has 0 heterocycles. The van der Waals surface area contributed by atoms with Crippen LogP contribution in [0.3, 0.4) is 0 Å². The van der Waals surface area contributed by atoms with E-state index in [1.165, 1.54) is 45.6 Å². The fourth-order valence-electron chi connectivity index (χ4n) is 2.53. The van der Waals surface area contributed by atoms with Gasteiger partial charge in [0, 0.05) is 24.1 Å². The highest BCUT2D eigenvalue weighted by Gasteiger charge is 2.14. The Bertz CT molecular complexity index is 872. The van der Waals surface area contributed by atoms with Gasteiger partial charge in [-0.15, -0.1) is 0 Å². The Hall–Kier alpha value is -3.82. The number of hydrazine groups is 1. The van der Waals surface area contributed by atoms with Gasteiger partial charge in [0.25, 0.3) is 11.6 Å². The number of methoxy groups -OCH3 is 3. The number of hydrogen-bond acceptors (Lipinski definition) is 7. The van der Waals surface area contributed by atoms with Gasteiger partial charge in [0.05, 0.1) is 26.3 Å². The van der Waals surface area contributed by atoms with Crippen molar-refractivity contribution in [2.24, 2.45) is 0 Å². The van der Waals surface area contributed by atoms with Crippen molar-refractivity contribution >= 4 is 17.5 Å². The summed E-state index contributed by atoms with van der Waals surface area (Å²) in [6.07, 6.45) is 0.467. The average Bonchev–Trinajstić information content (AvgIpc) is 2.74. The summed E-state index contributed by atoms with van der Waals surface area (Å²) >= 11 is 0. The Labute approximate surface area is 166 Å². The molecule has 0 aliphatic rings. The predicted molar refractivity (Wildman–Crippen MR) is 103 cm³/mol. The number of aryl methyl sites for hydroxylation is 1. The first kappa shape index (κ1) is 21.5. The molecule has 10 nitrogen and oxygen atoms in total. The van der Waals surface area contributed by atoms with Gasteiger partial charge in [-0.3, -0.25) is 30.6 Å². The Morgan fingerprint density at radius 2 is 1.55 bits per heavy atom. The second-order valence-electron chi connectivity index (χ2n) is 5.84. The van der Waals surface area contributed by atoms with Gasteiger partial charge >= 0.3 is 0 Å². The third-order valence-electron chi connectivity index (χ3n) is 4.02. The molecule has 2 amide bonds. The van der Waals surface area contributed by atoms with Crippen molar-refractivity contribution in [1.29, 1.82) is 0 Å². The Balaban J connectivity index is 1.91. The Kier molecular flexibility index (Phi) is 7.35. The monoisotopic (exact) mass is 403 g/mol. The zero-order valence-corrected chi connectivity index (χ0v) is 16.2. The van der Waals surface area contributed by atoms with Crippen LogP contribution >= 0.6 is 0 Å². The molecule has 0 aliphatic carbocycles. The Morgan fingerprint density at radius 1 is 0.966 bits per heavy atom. The van der Waals surface area contributed by atoms with Gasteiger partial charge in [-0.05, 0) is 36.2 Å². The summed E-state index contributed by atoms with van der Waals surface area (Å²) in [5.74, 6) is 0.427. The van der Waals surface area contributed by atoms with E-state index >= 15 is 0 Å². The van der Waals surface area contributed by atoms with E-state index < -0.39 is 16.7 Å². The van der Waals surface area contributed by atoms with Gasteiger partial charge in [0.2, 0.25) is 11.7 Å². The van der Waals surface area contributed by atoms with E-state index in [1.54, 1.807) is 12.1 Å². The molecule has 2 aromatic carbocycles. The molecule has 0 radical (unpaired) electrons. The summed E-state index contributed by atoms with van der Waals surface area (Å²) in [5.41, 5.74) is 5.42. The van der Waals surface area contributed by atoms with Gasteiger partial charge in [-0.25, -0.2) is 0 Å². The van der Waals surface area contributed by atoms with Gasteiger partial charge in [-0.2, -0.15) is 0 Å². The van der Waals surface area contributed by atoms with Crippen LogP contribution in [0.4, 0.5) is 5.69 Å². The molecule has 0 atom stereocenters. The number of non-ortho nitro benzene ring substituents is 1. The molecule has 2 N–H and O–H groups in total. The van der Waals surface area contributed by atoms with Crippen LogP contribution in [0.5, 0.6) is 17.2 Å². The van der Waals surface area contributed by atoms with Crippen LogP contribution in [0, 0.1) is 10.1 Å². The van der Waals surface area contributed by atoms with Crippen LogP contribution in [0.1, 0.15) is 22.3 Å². The molecular weight excluding hydrogens is 382 g/mol. The zero-order chi connectivity index (χ0) is 21.4. The van der Waals surface area contributed by atoms with E-state index in [0.717, 1.165) is 5.56 Å². The SMILES string of the molecule is COc1cc(CCC(=O)NNC(=O)c2ccc([N+](=O)[O-])cc2)cc(OC)c1OC. The maximum absolute atomic E-state index is 12.0. The van der Waals surface area contributed by atoms with Gasteiger partial charge in [0.15, 0.2) is 11.5 Å². The van der Waals surface area contributed by atoms with Gasteiger partial charge in [0.1, 0.15) is 0 Å². The van der Waals surface area contributed by atoms with E-state index in [-0.39, 0.29) is 17.7 Å². The quantitative estimate of drug-likeness (QED) is 0.509. The molecule has 29 heavy (non-hydrogen) atoms. The van der Waals surface area contributed by atoms with E-state index in [0.29, 0.717) is 23.7 Å². The van der Waals surface area contributed by atoms with Gasteiger partial charge in [-0.1, -0.05) is 0 Å². The second kappa shape index (κ2) is 9.93. The van der Waals surface area contributed by atoms with Crippen LogP contribution in [0.15, 0.2) is 36.4 Å². The first-order valence-corrected chi connectivity index (χ1v) is 8.52. The summed E-state index contributed by atoms with van der Waals surface area (Å²) in [4.78, 5) is 34.1. The van der Waals surface area contributed by atoms with Crippen LogP contribution in [0.2, 0.25) is 0 Å². The van der Waals surface area contributed by atoms with E-state index in [2.05, 4.69) is 10.9 Å². The molecule has 0 fully saturated rings. The molecule has 0 unspecified atom stereocenters. The molecule has 0 saturated heterocycles. The van der Waals surface area contributed by atoms with Crippen LogP contribution in [0.25, 0.3) is 0 Å². The fourth-order valence-corrected chi connectivity index (χ4v) is 2.53. The van der Waals surface area contributed by atoms with Gasteiger partial charge < -0.3 is 14.2 Å². The number of carbonyl (C=O) groups excluding carboxylic acids is 2. The standard InChI is InChI=1S/C19H21N3O7/c1-27-15-10-12(11-16(28-2)18(15)29-3)4-9-17(23)20-21-19(24)13-5-7-14(8-6-13)22(25)26/h5-8,10-11H,4,9H2,1-3H3,(H,20,23)(H,21,24). The summed E-state index contributed by atoms with van der Waals surface area (Å²) in [5, 5.41) is 10.6. The molecule has 0 saturated carbocycles. The minimum atomic E-state index is -0.582. The molecule has 154 valence electrons. The van der Waals surface area contributed by atoms with Crippen molar-refractivity contribution in [1.82, 2.24) is 10.9 Å². The molecule has 0 spiro atoms. The number of nitro groups is 1. The lowest BCUT2D eigenvalue weighted by Gasteiger charge is -2.14. The van der Waals surface area contributed by atoms with Crippen LogP contribution in [-0.4, -0.2) is 38.1 Å². The fraction of sp³-hybridized carbons (Fsp3) is 0.263. The zero-order valence-electron chi connectivity index (χ0n) is 16.2. The van der Waals surface area contributed by atoms with Crippen molar-refractivity contribution in [2.75, 3.05) is 21.3 Å². The first-order chi connectivity index (χ1) is 13.9. The third-order valence-corrected chi connectivity index (χ3v) is 4.02. The molecule has 0 bridgehead atoms. The topological polar surface area (TPSA) is 129 Å². The third kappa shape index (κ3) is 5.58. The average molecular weight is 403 g/mol. The van der Waals surface area contributed by atoms with Crippen molar-refractivity contribution in [3.05, 3.63) is 57.6 Å². The second-order valence-corrected chi connectivity index (χ2v) is 5.84. The van der Waals surface area contributed by atoms with E-state index in [4.69, 9.17) is 14.2 Å². The smallest absolute Gasteiger partial charge is 0.269 e. The lowest BCUT2D eigenvalue weighted by molar-refractivity contribution is -0.384. The molecule has 0 aromatic heterocycles.